The zero-order valence-corrected chi connectivity index (χ0v) is 21.0. The molecule has 8 heteroatoms. The van der Waals surface area contributed by atoms with Gasteiger partial charge in [0, 0.05) is 24.7 Å². The predicted molar refractivity (Wildman–Crippen MR) is 133 cm³/mol. The van der Waals surface area contributed by atoms with Crippen LogP contribution in [-0.2, 0) is 0 Å². The van der Waals surface area contributed by atoms with Gasteiger partial charge in [0.2, 0.25) is 0 Å². The first-order chi connectivity index (χ1) is 17.1. The van der Waals surface area contributed by atoms with Crippen LogP contribution in [0.5, 0.6) is 5.75 Å². The summed E-state index contributed by atoms with van der Waals surface area (Å²) in [6, 6.07) is 8.29. The molecule has 2 fully saturated rings. The first-order valence-corrected chi connectivity index (χ1v) is 12.7. The Kier molecular flexibility index (Phi) is 8.25. The van der Waals surface area contributed by atoms with Crippen molar-refractivity contribution in [3.05, 3.63) is 53.6 Å². The molecular formula is C28H35F3N2O3. The van der Waals surface area contributed by atoms with Gasteiger partial charge in [-0.05, 0) is 88.4 Å². The Bertz CT molecular complexity index is 1060. The van der Waals surface area contributed by atoms with Gasteiger partial charge in [0.05, 0.1) is 24.8 Å². The number of aliphatic hydroxyl groups is 1. The third kappa shape index (κ3) is 6.40. The highest BCUT2D eigenvalue weighted by Crippen LogP contribution is 2.30. The molecule has 2 aliphatic heterocycles. The van der Waals surface area contributed by atoms with Crippen LogP contribution in [0.4, 0.5) is 13.2 Å². The van der Waals surface area contributed by atoms with E-state index in [4.69, 9.17) is 4.74 Å². The molecule has 0 radical (unpaired) electrons. The highest BCUT2D eigenvalue weighted by molar-refractivity contribution is 5.95. The number of nitrogens with zero attached hydrogens (tertiary/aromatic N) is 2. The van der Waals surface area contributed by atoms with E-state index in [2.05, 4.69) is 4.90 Å². The normalized spacial score (nSPS) is 19.6. The lowest BCUT2D eigenvalue weighted by molar-refractivity contribution is 0.0673. The molecule has 2 saturated heterocycles. The molecule has 2 aromatic carbocycles. The summed E-state index contributed by atoms with van der Waals surface area (Å²) in [5, 5.41) is 9.45. The number of hydrogen-bond acceptors (Lipinski definition) is 4. The summed E-state index contributed by atoms with van der Waals surface area (Å²) in [5.41, 5.74) is -0.744. The van der Waals surface area contributed by atoms with Gasteiger partial charge in [0.15, 0.2) is 0 Å². The first-order valence-electron chi connectivity index (χ1n) is 12.7. The Labute approximate surface area is 210 Å². The van der Waals surface area contributed by atoms with Crippen LogP contribution in [0.1, 0.15) is 49.9 Å². The Hall–Kier alpha value is -2.58. The van der Waals surface area contributed by atoms with E-state index in [0.29, 0.717) is 43.3 Å². The molecule has 4 rings (SSSR count). The molecule has 0 aliphatic carbocycles. The number of carbonyl (C=O) groups is 1. The van der Waals surface area contributed by atoms with Crippen LogP contribution >= 0.6 is 0 Å². The summed E-state index contributed by atoms with van der Waals surface area (Å²) in [4.78, 5) is 16.4. The molecule has 1 atom stereocenters. The van der Waals surface area contributed by atoms with Crippen molar-refractivity contribution in [3.63, 3.8) is 0 Å². The lowest BCUT2D eigenvalue weighted by Crippen LogP contribution is -2.41. The third-order valence-electron chi connectivity index (χ3n) is 7.09. The topological polar surface area (TPSA) is 53.0 Å². The minimum atomic E-state index is -1.21. The average Bonchev–Trinajstić information content (AvgIpc) is 3.31. The fourth-order valence-electron chi connectivity index (χ4n) is 5.18. The summed E-state index contributed by atoms with van der Waals surface area (Å²) in [5.74, 6) is -0.986. The molecule has 2 aliphatic rings. The van der Waals surface area contributed by atoms with E-state index in [1.807, 2.05) is 0 Å². The zero-order valence-electron chi connectivity index (χ0n) is 21.0. The molecular weight excluding hydrogens is 469 g/mol. The largest absolute Gasteiger partial charge is 0.493 e. The van der Waals surface area contributed by atoms with Crippen molar-refractivity contribution in [2.45, 2.75) is 51.2 Å². The van der Waals surface area contributed by atoms with Crippen molar-refractivity contribution in [1.29, 1.82) is 0 Å². The summed E-state index contributed by atoms with van der Waals surface area (Å²) in [6.07, 6.45) is 3.26. The van der Waals surface area contributed by atoms with E-state index in [1.54, 1.807) is 26.0 Å². The fourth-order valence-corrected chi connectivity index (χ4v) is 5.18. The monoisotopic (exact) mass is 504 g/mol. The van der Waals surface area contributed by atoms with E-state index in [1.165, 1.54) is 29.2 Å². The van der Waals surface area contributed by atoms with Gasteiger partial charge in [-0.1, -0.05) is 6.07 Å². The zero-order chi connectivity index (χ0) is 25.9. The molecule has 0 bridgehead atoms. The van der Waals surface area contributed by atoms with Gasteiger partial charge in [-0.25, -0.2) is 13.2 Å². The van der Waals surface area contributed by atoms with Crippen LogP contribution in [0.25, 0.3) is 11.1 Å². The molecule has 5 nitrogen and oxygen atoms in total. The fraction of sp³-hybridized carbons (Fsp3) is 0.536. The quantitative estimate of drug-likeness (QED) is 0.546. The molecule has 1 amide bonds. The van der Waals surface area contributed by atoms with E-state index in [0.717, 1.165) is 32.4 Å². The maximum Gasteiger partial charge on any atom is 0.257 e. The van der Waals surface area contributed by atoms with Crippen LogP contribution in [0.15, 0.2) is 36.4 Å². The van der Waals surface area contributed by atoms with Gasteiger partial charge in [0.25, 0.3) is 5.91 Å². The number of amides is 1. The number of ether oxygens (including phenoxy) is 1. The predicted octanol–water partition coefficient (Wildman–Crippen LogP) is 5.07. The summed E-state index contributed by atoms with van der Waals surface area (Å²) in [7, 11) is 0. The highest BCUT2D eigenvalue weighted by Gasteiger charge is 2.30. The average molecular weight is 505 g/mol. The van der Waals surface area contributed by atoms with Gasteiger partial charge >= 0.3 is 0 Å². The number of carbonyl (C=O) groups excluding carboxylic acids is 1. The Morgan fingerprint density at radius 3 is 2.44 bits per heavy atom. The van der Waals surface area contributed by atoms with Crippen molar-refractivity contribution in [1.82, 2.24) is 9.80 Å². The molecule has 0 spiro atoms. The highest BCUT2D eigenvalue weighted by atomic mass is 19.1. The standard InChI is InChI=1S/C28H35F3N2O3/c1-28(2,31)18-32-12-9-19(10-13-32)17-36-22-6-8-23(26(30)15-22)20-5-7-24(25(29)14-20)27(35)33-11-3-4-21(33)16-34/h5-8,14-15,19,21,34H,3-4,9-13,16-18H2,1-2H3/t21-/m1/s1. The van der Waals surface area contributed by atoms with Gasteiger partial charge in [-0.3, -0.25) is 4.79 Å². The number of piperidine rings is 1. The first kappa shape index (κ1) is 26.5. The molecule has 2 aromatic rings. The van der Waals surface area contributed by atoms with E-state index >= 15 is 0 Å². The summed E-state index contributed by atoms with van der Waals surface area (Å²) >= 11 is 0. The van der Waals surface area contributed by atoms with Crippen LogP contribution < -0.4 is 4.74 Å². The second-order valence-corrected chi connectivity index (χ2v) is 10.6. The maximum atomic E-state index is 14.9. The SMILES string of the molecule is CC(C)(F)CN1CCC(COc2ccc(-c3ccc(C(=O)N4CCC[C@@H]4CO)c(F)c3)c(F)c2)CC1. The van der Waals surface area contributed by atoms with Crippen molar-refractivity contribution < 1.29 is 27.8 Å². The lowest BCUT2D eigenvalue weighted by atomic mass is 9.97. The number of halogens is 3. The second kappa shape index (κ2) is 11.2. The molecule has 1 N–H and O–H groups in total. The minimum absolute atomic E-state index is 0.0828. The van der Waals surface area contributed by atoms with Crippen molar-refractivity contribution in [2.75, 3.05) is 39.4 Å². The van der Waals surface area contributed by atoms with E-state index in [9.17, 15) is 23.1 Å². The number of likely N-dealkylation sites (tertiary alicyclic amines) is 2. The van der Waals surface area contributed by atoms with Crippen molar-refractivity contribution >= 4 is 5.91 Å². The Morgan fingerprint density at radius 1 is 1.06 bits per heavy atom. The maximum absolute atomic E-state index is 14.9. The molecule has 2 heterocycles. The smallest absolute Gasteiger partial charge is 0.257 e. The van der Waals surface area contributed by atoms with Crippen LogP contribution in [0, 0.1) is 17.6 Å². The third-order valence-corrected chi connectivity index (χ3v) is 7.09. The van der Waals surface area contributed by atoms with E-state index in [-0.39, 0.29) is 23.8 Å². The van der Waals surface area contributed by atoms with Crippen LogP contribution in [0.3, 0.4) is 0 Å². The number of hydrogen-bond donors (Lipinski definition) is 1. The number of rotatable bonds is 8. The van der Waals surface area contributed by atoms with E-state index < -0.39 is 23.2 Å². The van der Waals surface area contributed by atoms with Gasteiger partial charge in [-0.15, -0.1) is 0 Å². The van der Waals surface area contributed by atoms with Gasteiger partial charge in [-0.2, -0.15) is 0 Å². The Morgan fingerprint density at radius 2 is 1.81 bits per heavy atom. The minimum Gasteiger partial charge on any atom is -0.493 e. The molecule has 0 unspecified atom stereocenters. The second-order valence-electron chi connectivity index (χ2n) is 10.6. The van der Waals surface area contributed by atoms with Gasteiger partial charge in [0.1, 0.15) is 23.1 Å². The van der Waals surface area contributed by atoms with Gasteiger partial charge < -0.3 is 19.6 Å². The number of alkyl halides is 1. The molecule has 36 heavy (non-hydrogen) atoms. The number of benzene rings is 2. The van der Waals surface area contributed by atoms with Crippen LogP contribution in [0.2, 0.25) is 0 Å². The molecule has 0 saturated carbocycles. The molecule has 196 valence electrons. The summed E-state index contributed by atoms with van der Waals surface area (Å²) in [6.45, 7) is 6.02. The lowest BCUT2D eigenvalue weighted by Gasteiger charge is -2.34. The molecule has 0 aromatic heterocycles. The summed E-state index contributed by atoms with van der Waals surface area (Å²) < 4.78 is 49.4. The van der Waals surface area contributed by atoms with Crippen LogP contribution in [-0.4, -0.2) is 71.9 Å². The van der Waals surface area contributed by atoms with Crippen molar-refractivity contribution in [3.8, 4) is 16.9 Å². The van der Waals surface area contributed by atoms with Crippen molar-refractivity contribution in [2.24, 2.45) is 5.92 Å². The number of aliphatic hydroxyl groups excluding tert-OH is 1. The Balaban J connectivity index is 1.36.